The standard InChI is InChI=1S/C18H20N2O/c1-20-16(14-8-4-2-5-9-14)12-18(21)19-13-17(20)15-10-6-3-7-11-15/h2-11,16-17H,12-13H2,1H3,(H,19,21)/t16-,17-/m1/s1. The molecule has 3 rings (SSSR count). The molecule has 0 bridgehead atoms. The van der Waals surface area contributed by atoms with Crippen LogP contribution in [0.3, 0.4) is 0 Å². The molecule has 0 aromatic heterocycles. The van der Waals surface area contributed by atoms with E-state index in [4.69, 9.17) is 0 Å². The Bertz CT molecular complexity index is 597. The molecule has 0 saturated carbocycles. The molecule has 21 heavy (non-hydrogen) atoms. The number of likely N-dealkylation sites (N-methyl/N-ethyl adjacent to an activating group) is 1. The minimum atomic E-state index is 0.110. The fraction of sp³-hybridized carbons (Fsp3) is 0.278. The van der Waals surface area contributed by atoms with Crippen LogP contribution in [-0.2, 0) is 4.79 Å². The second-order valence-electron chi connectivity index (χ2n) is 5.53. The van der Waals surface area contributed by atoms with E-state index in [0.717, 1.165) is 0 Å². The first-order chi connectivity index (χ1) is 10.3. The molecule has 1 heterocycles. The van der Waals surface area contributed by atoms with Crippen LogP contribution < -0.4 is 5.32 Å². The number of carbonyl (C=O) groups excluding carboxylic acids is 1. The monoisotopic (exact) mass is 280 g/mol. The molecule has 0 unspecified atom stereocenters. The zero-order valence-corrected chi connectivity index (χ0v) is 12.2. The lowest BCUT2D eigenvalue weighted by Crippen LogP contribution is -2.31. The molecular formula is C18H20N2O. The summed E-state index contributed by atoms with van der Waals surface area (Å²) in [6.45, 7) is 0.655. The van der Waals surface area contributed by atoms with Gasteiger partial charge in [-0.3, -0.25) is 9.69 Å². The average Bonchev–Trinajstić information content (AvgIpc) is 2.68. The van der Waals surface area contributed by atoms with Crippen LogP contribution in [0.15, 0.2) is 60.7 Å². The molecule has 3 nitrogen and oxygen atoms in total. The van der Waals surface area contributed by atoms with E-state index in [2.05, 4.69) is 41.5 Å². The highest BCUT2D eigenvalue weighted by Crippen LogP contribution is 2.32. The summed E-state index contributed by atoms with van der Waals surface area (Å²) in [7, 11) is 2.11. The first-order valence-corrected chi connectivity index (χ1v) is 7.34. The summed E-state index contributed by atoms with van der Waals surface area (Å²) >= 11 is 0. The molecule has 1 fully saturated rings. The van der Waals surface area contributed by atoms with Crippen LogP contribution in [0.2, 0.25) is 0 Å². The Kier molecular flexibility index (Phi) is 4.02. The van der Waals surface area contributed by atoms with Gasteiger partial charge in [0.2, 0.25) is 5.91 Å². The van der Waals surface area contributed by atoms with Crippen molar-refractivity contribution in [1.82, 2.24) is 10.2 Å². The van der Waals surface area contributed by atoms with Gasteiger partial charge in [0.15, 0.2) is 0 Å². The van der Waals surface area contributed by atoms with Crippen molar-refractivity contribution in [3.05, 3.63) is 71.8 Å². The maximum Gasteiger partial charge on any atom is 0.221 e. The number of carbonyl (C=O) groups is 1. The van der Waals surface area contributed by atoms with Gasteiger partial charge in [-0.25, -0.2) is 0 Å². The molecule has 1 saturated heterocycles. The van der Waals surface area contributed by atoms with E-state index >= 15 is 0 Å². The predicted molar refractivity (Wildman–Crippen MR) is 83.8 cm³/mol. The van der Waals surface area contributed by atoms with Gasteiger partial charge in [-0.15, -0.1) is 0 Å². The summed E-state index contributed by atoms with van der Waals surface area (Å²) in [4.78, 5) is 14.4. The topological polar surface area (TPSA) is 32.3 Å². The van der Waals surface area contributed by atoms with E-state index in [1.54, 1.807) is 0 Å². The highest BCUT2D eigenvalue weighted by atomic mass is 16.1. The molecule has 1 aliphatic rings. The van der Waals surface area contributed by atoms with Crippen molar-refractivity contribution in [3.8, 4) is 0 Å². The molecule has 2 aromatic carbocycles. The fourth-order valence-electron chi connectivity index (χ4n) is 3.02. The van der Waals surface area contributed by atoms with Crippen molar-refractivity contribution in [3.63, 3.8) is 0 Å². The van der Waals surface area contributed by atoms with Gasteiger partial charge in [-0.05, 0) is 18.2 Å². The summed E-state index contributed by atoms with van der Waals surface area (Å²) in [5, 5.41) is 3.04. The van der Waals surface area contributed by atoms with Crippen LogP contribution in [0.25, 0.3) is 0 Å². The Morgan fingerprint density at radius 3 is 2.00 bits per heavy atom. The van der Waals surface area contributed by atoms with Crippen molar-refractivity contribution in [2.75, 3.05) is 13.6 Å². The third-order valence-electron chi connectivity index (χ3n) is 4.22. The number of hydrogen-bond donors (Lipinski definition) is 1. The number of hydrogen-bond acceptors (Lipinski definition) is 2. The van der Waals surface area contributed by atoms with Crippen molar-refractivity contribution in [2.24, 2.45) is 0 Å². The van der Waals surface area contributed by atoms with Gasteiger partial charge >= 0.3 is 0 Å². The Balaban J connectivity index is 1.94. The van der Waals surface area contributed by atoms with E-state index in [1.807, 2.05) is 36.4 Å². The van der Waals surface area contributed by atoms with Gasteiger partial charge in [-0.2, -0.15) is 0 Å². The Hall–Kier alpha value is -2.13. The molecule has 2 atom stereocenters. The van der Waals surface area contributed by atoms with E-state index in [0.29, 0.717) is 13.0 Å². The predicted octanol–water partition coefficient (Wildman–Crippen LogP) is 2.92. The van der Waals surface area contributed by atoms with Gasteiger partial charge in [0.05, 0.1) is 6.04 Å². The van der Waals surface area contributed by atoms with Crippen molar-refractivity contribution < 1.29 is 4.79 Å². The highest BCUT2D eigenvalue weighted by molar-refractivity contribution is 5.77. The highest BCUT2D eigenvalue weighted by Gasteiger charge is 2.30. The third kappa shape index (κ3) is 2.98. The average molecular weight is 280 g/mol. The Morgan fingerprint density at radius 2 is 1.43 bits per heavy atom. The zero-order valence-electron chi connectivity index (χ0n) is 12.2. The zero-order chi connectivity index (χ0) is 14.7. The molecule has 0 aliphatic carbocycles. The minimum Gasteiger partial charge on any atom is -0.354 e. The summed E-state index contributed by atoms with van der Waals surface area (Å²) in [6, 6.07) is 20.9. The van der Waals surface area contributed by atoms with E-state index in [-0.39, 0.29) is 18.0 Å². The second kappa shape index (κ2) is 6.10. The molecule has 1 amide bonds. The number of rotatable bonds is 2. The van der Waals surface area contributed by atoms with Gasteiger partial charge < -0.3 is 5.32 Å². The van der Waals surface area contributed by atoms with Gasteiger partial charge in [0.25, 0.3) is 0 Å². The minimum absolute atomic E-state index is 0.110. The van der Waals surface area contributed by atoms with Gasteiger partial charge in [0, 0.05) is 19.0 Å². The molecule has 0 spiro atoms. The SMILES string of the molecule is CN1[C@@H](c2ccccc2)CNC(=O)C[C@@H]1c1ccccc1. The third-order valence-corrected chi connectivity index (χ3v) is 4.22. The van der Waals surface area contributed by atoms with Crippen LogP contribution in [0.5, 0.6) is 0 Å². The quantitative estimate of drug-likeness (QED) is 0.917. The lowest BCUT2D eigenvalue weighted by atomic mass is 9.99. The lowest BCUT2D eigenvalue weighted by Gasteiger charge is -2.32. The Morgan fingerprint density at radius 1 is 0.905 bits per heavy atom. The largest absolute Gasteiger partial charge is 0.354 e. The summed E-state index contributed by atoms with van der Waals surface area (Å²) in [6.07, 6.45) is 0.504. The number of nitrogens with zero attached hydrogens (tertiary/aromatic N) is 1. The first-order valence-electron chi connectivity index (χ1n) is 7.34. The van der Waals surface area contributed by atoms with Crippen LogP contribution in [-0.4, -0.2) is 24.4 Å². The molecule has 1 aliphatic heterocycles. The lowest BCUT2D eigenvalue weighted by molar-refractivity contribution is -0.121. The summed E-state index contributed by atoms with van der Waals surface area (Å²) in [5.74, 6) is 0.120. The van der Waals surface area contributed by atoms with Crippen molar-refractivity contribution >= 4 is 5.91 Å². The fourth-order valence-corrected chi connectivity index (χ4v) is 3.02. The molecule has 1 N–H and O–H groups in total. The van der Waals surface area contributed by atoms with Crippen molar-refractivity contribution in [1.29, 1.82) is 0 Å². The number of nitrogens with one attached hydrogen (secondary N) is 1. The summed E-state index contributed by atoms with van der Waals surface area (Å²) in [5.41, 5.74) is 2.43. The second-order valence-corrected chi connectivity index (χ2v) is 5.53. The van der Waals surface area contributed by atoms with Gasteiger partial charge in [0.1, 0.15) is 0 Å². The molecule has 0 radical (unpaired) electrons. The van der Waals surface area contributed by atoms with Gasteiger partial charge in [-0.1, -0.05) is 60.7 Å². The maximum absolute atomic E-state index is 12.1. The van der Waals surface area contributed by atoms with E-state index in [9.17, 15) is 4.79 Å². The molecule has 3 heteroatoms. The maximum atomic E-state index is 12.1. The smallest absolute Gasteiger partial charge is 0.221 e. The van der Waals surface area contributed by atoms with Crippen LogP contribution in [0.1, 0.15) is 29.6 Å². The van der Waals surface area contributed by atoms with Crippen LogP contribution in [0, 0.1) is 0 Å². The number of benzene rings is 2. The molecular weight excluding hydrogens is 260 g/mol. The van der Waals surface area contributed by atoms with Crippen LogP contribution >= 0.6 is 0 Å². The Labute approximate surface area is 125 Å². The van der Waals surface area contributed by atoms with E-state index in [1.165, 1.54) is 11.1 Å². The normalized spacial score (nSPS) is 23.4. The number of amides is 1. The van der Waals surface area contributed by atoms with E-state index < -0.39 is 0 Å². The molecule has 2 aromatic rings. The summed E-state index contributed by atoms with van der Waals surface area (Å²) < 4.78 is 0. The van der Waals surface area contributed by atoms with Crippen molar-refractivity contribution in [2.45, 2.75) is 18.5 Å². The van der Waals surface area contributed by atoms with Crippen LogP contribution in [0.4, 0.5) is 0 Å². The molecule has 108 valence electrons. The first kappa shape index (κ1) is 13.8.